The highest BCUT2D eigenvalue weighted by Crippen LogP contribution is 2.47. The molecule has 2 aliphatic heterocycles. The Balaban J connectivity index is 1.15. The van der Waals surface area contributed by atoms with E-state index in [1.165, 1.54) is 23.6 Å². The molecule has 348 valence electrons. The molecule has 0 spiro atoms. The fourth-order valence-electron chi connectivity index (χ4n) is 9.75. The summed E-state index contributed by atoms with van der Waals surface area (Å²) in [4.78, 5) is 108. The molecule has 66 heavy (non-hydrogen) atoms. The molecule has 7 rings (SSSR count). The first-order chi connectivity index (χ1) is 31.6. The fraction of sp³-hybridized carbons (Fsp3) is 0.462. The molecule has 2 atom stereocenters. The van der Waals surface area contributed by atoms with Gasteiger partial charge in [-0.3, -0.25) is 48.2 Å². The van der Waals surface area contributed by atoms with E-state index < -0.39 is 47.7 Å². The third-order valence-electron chi connectivity index (χ3n) is 12.7. The summed E-state index contributed by atoms with van der Waals surface area (Å²) in [6, 6.07) is 13.0. The van der Waals surface area contributed by atoms with E-state index in [0.717, 1.165) is 58.0 Å². The zero-order valence-corrected chi connectivity index (χ0v) is 38.8. The summed E-state index contributed by atoms with van der Waals surface area (Å²) in [6.07, 6.45) is 5.34. The molecule has 2 N–H and O–H groups in total. The van der Waals surface area contributed by atoms with Crippen LogP contribution in [0.25, 0.3) is 43.1 Å². The average Bonchev–Trinajstić information content (AvgIpc) is 3.26. The highest BCUT2D eigenvalue weighted by atomic mass is 16.5. The first-order valence-corrected chi connectivity index (χ1v) is 23.3. The quantitative estimate of drug-likeness (QED) is 0.0225. The van der Waals surface area contributed by atoms with Crippen LogP contribution in [0.3, 0.4) is 0 Å². The summed E-state index contributed by atoms with van der Waals surface area (Å²) >= 11 is 0. The Kier molecular flexibility index (Phi) is 14.7. The Labute approximate surface area is 384 Å². The van der Waals surface area contributed by atoms with Crippen molar-refractivity contribution in [1.29, 1.82) is 0 Å². The van der Waals surface area contributed by atoms with Gasteiger partial charge in [0.2, 0.25) is 11.8 Å². The van der Waals surface area contributed by atoms with Gasteiger partial charge in [-0.15, -0.1) is 0 Å². The maximum Gasteiger partial charge on any atom is 0.305 e. The number of benzene rings is 5. The summed E-state index contributed by atoms with van der Waals surface area (Å²) in [5, 5.41) is 11.1. The van der Waals surface area contributed by atoms with Gasteiger partial charge in [-0.05, 0) is 107 Å². The van der Waals surface area contributed by atoms with E-state index >= 15 is 0 Å². The topological polar surface area (TPSA) is 186 Å². The highest BCUT2D eigenvalue weighted by Gasteiger charge is 2.41. The molecule has 0 saturated carbocycles. The average molecular weight is 901 g/mol. The van der Waals surface area contributed by atoms with E-state index in [-0.39, 0.29) is 49.7 Å². The van der Waals surface area contributed by atoms with Crippen molar-refractivity contribution in [3.8, 4) is 0 Å². The lowest BCUT2D eigenvalue weighted by Crippen LogP contribution is -2.49. The summed E-state index contributed by atoms with van der Waals surface area (Å²) in [5.74, 6) is -2.74. The van der Waals surface area contributed by atoms with E-state index in [0.29, 0.717) is 71.8 Å². The summed E-state index contributed by atoms with van der Waals surface area (Å²) in [7, 11) is 0. The van der Waals surface area contributed by atoms with Crippen molar-refractivity contribution in [3.05, 3.63) is 70.8 Å². The number of amides is 6. The van der Waals surface area contributed by atoms with Gasteiger partial charge in [0, 0.05) is 72.8 Å². The van der Waals surface area contributed by atoms with E-state index in [1.807, 2.05) is 52.0 Å². The lowest BCUT2D eigenvalue weighted by Gasteiger charge is -2.35. The number of nitrogens with one attached hydrogen (secondary N) is 2. The molecular weight excluding hydrogens is 841 g/mol. The van der Waals surface area contributed by atoms with E-state index in [2.05, 4.69) is 10.6 Å². The third-order valence-corrected chi connectivity index (χ3v) is 12.7. The standard InChI is InChI=1S/C52H60N4O10/c1-29(2)25-33(27-65-43(59)13-9-7-11-23-53-31(5)57)55-49(61)39-19-15-35-37-17-21-41-48-42(22-18-38(46(37)48)36-16-20-40(50(55)62)47(39)45(35)36)52(64)56(51(41)63)34(26-30(3)4)28-66-44(60)14-10-8-12-24-54-32(6)58/h15-22,29-30,33-34H,7-14,23-28H2,1-6H3,(H,53,57)(H,54,58). The number of nitrogens with zero attached hydrogens (tertiary/aromatic N) is 2. The Bertz CT molecular complexity index is 2440. The zero-order valence-electron chi connectivity index (χ0n) is 38.8. The van der Waals surface area contributed by atoms with Crippen molar-refractivity contribution in [2.24, 2.45) is 11.8 Å². The predicted octanol–water partition coefficient (Wildman–Crippen LogP) is 8.24. The smallest absolute Gasteiger partial charge is 0.305 e. The summed E-state index contributed by atoms with van der Waals surface area (Å²) in [5.41, 5.74) is 1.44. The van der Waals surface area contributed by atoms with Crippen molar-refractivity contribution < 1.29 is 47.8 Å². The number of ether oxygens (including phenoxy) is 2. The maximum absolute atomic E-state index is 14.5. The number of carbonyl (C=O) groups is 8. The highest BCUT2D eigenvalue weighted by molar-refractivity contribution is 6.41. The molecule has 14 nitrogen and oxygen atoms in total. The van der Waals surface area contributed by atoms with Crippen LogP contribution >= 0.6 is 0 Å². The van der Waals surface area contributed by atoms with E-state index in [9.17, 15) is 38.4 Å². The van der Waals surface area contributed by atoms with Gasteiger partial charge in [0.05, 0.1) is 12.1 Å². The molecule has 0 aromatic heterocycles. The van der Waals surface area contributed by atoms with E-state index in [1.54, 1.807) is 24.3 Å². The molecular formula is C52H60N4O10. The Morgan fingerprint density at radius 2 is 0.788 bits per heavy atom. The van der Waals surface area contributed by atoms with Crippen LogP contribution in [0, 0.1) is 11.8 Å². The molecule has 2 unspecified atom stereocenters. The molecule has 6 amide bonds. The first kappa shape index (κ1) is 47.5. The number of unbranched alkanes of at least 4 members (excludes halogenated alkanes) is 4. The molecule has 5 aromatic carbocycles. The minimum atomic E-state index is -0.694. The van der Waals surface area contributed by atoms with Crippen LogP contribution in [0.1, 0.15) is 147 Å². The number of rotatable bonds is 22. The third kappa shape index (κ3) is 9.73. The van der Waals surface area contributed by atoms with Gasteiger partial charge >= 0.3 is 11.9 Å². The van der Waals surface area contributed by atoms with Crippen LogP contribution in [0.4, 0.5) is 0 Å². The minimum absolute atomic E-state index is 0.0808. The molecule has 2 aliphatic rings. The lowest BCUT2D eigenvalue weighted by atomic mass is 9.81. The minimum Gasteiger partial charge on any atom is -0.463 e. The van der Waals surface area contributed by atoms with Crippen LogP contribution in [-0.4, -0.2) is 95.6 Å². The normalized spacial score (nSPS) is 14.6. The summed E-state index contributed by atoms with van der Waals surface area (Å²) in [6.45, 7) is 11.7. The predicted molar refractivity (Wildman–Crippen MR) is 251 cm³/mol. The number of hydrogen-bond acceptors (Lipinski definition) is 10. The molecule has 0 fully saturated rings. The van der Waals surface area contributed by atoms with Crippen LogP contribution < -0.4 is 10.6 Å². The van der Waals surface area contributed by atoms with Gasteiger partial charge in [-0.25, -0.2) is 0 Å². The van der Waals surface area contributed by atoms with Gasteiger partial charge in [0.1, 0.15) is 13.2 Å². The Morgan fingerprint density at radius 3 is 1.08 bits per heavy atom. The molecule has 14 heteroatoms. The second-order valence-corrected chi connectivity index (χ2v) is 18.6. The molecule has 0 saturated heterocycles. The Morgan fingerprint density at radius 1 is 0.470 bits per heavy atom. The second kappa shape index (κ2) is 20.4. The largest absolute Gasteiger partial charge is 0.463 e. The van der Waals surface area contributed by atoms with Gasteiger partial charge in [0.15, 0.2) is 0 Å². The monoisotopic (exact) mass is 900 g/mol. The van der Waals surface area contributed by atoms with E-state index in [4.69, 9.17) is 9.47 Å². The second-order valence-electron chi connectivity index (χ2n) is 18.6. The fourth-order valence-corrected chi connectivity index (χ4v) is 9.75. The van der Waals surface area contributed by atoms with Gasteiger partial charge in [0.25, 0.3) is 23.6 Å². The van der Waals surface area contributed by atoms with Crippen LogP contribution in [0.5, 0.6) is 0 Å². The number of imide groups is 2. The van der Waals surface area contributed by atoms with Crippen molar-refractivity contribution in [2.45, 2.75) is 118 Å². The van der Waals surface area contributed by atoms with Gasteiger partial charge < -0.3 is 20.1 Å². The molecule has 0 aliphatic carbocycles. The number of esters is 2. The zero-order chi connectivity index (χ0) is 47.4. The van der Waals surface area contributed by atoms with Crippen molar-refractivity contribution in [2.75, 3.05) is 26.3 Å². The van der Waals surface area contributed by atoms with Crippen molar-refractivity contribution >= 4 is 90.5 Å². The van der Waals surface area contributed by atoms with Crippen molar-refractivity contribution in [3.63, 3.8) is 0 Å². The number of carbonyl (C=O) groups excluding carboxylic acids is 8. The van der Waals surface area contributed by atoms with Crippen LogP contribution in [0.15, 0.2) is 48.5 Å². The SMILES string of the molecule is CC(=O)NCCCCCC(=O)OCC(CC(C)C)N1C(=O)c2ccc3c4ccc5c6c(ccc(c7ccc(c2c37)C1=O)c64)C(=O)N(C(COC(=O)CCCCCNC(C)=O)CC(C)C)C5=O. The van der Waals surface area contributed by atoms with Crippen LogP contribution in [-0.2, 0) is 28.7 Å². The molecule has 0 radical (unpaired) electrons. The van der Waals surface area contributed by atoms with Crippen molar-refractivity contribution in [1.82, 2.24) is 20.4 Å². The number of fused-ring (bicyclic) bond motifs is 2. The number of hydrogen-bond donors (Lipinski definition) is 2. The van der Waals surface area contributed by atoms with Crippen LogP contribution in [0.2, 0.25) is 0 Å². The molecule has 0 bridgehead atoms. The first-order valence-electron chi connectivity index (χ1n) is 23.3. The maximum atomic E-state index is 14.5. The molecule has 2 heterocycles. The molecule has 5 aromatic rings. The Hall–Kier alpha value is -6.44. The van der Waals surface area contributed by atoms with Gasteiger partial charge in [-0.2, -0.15) is 0 Å². The van der Waals surface area contributed by atoms with Gasteiger partial charge in [-0.1, -0.05) is 64.8 Å². The summed E-state index contributed by atoms with van der Waals surface area (Å²) < 4.78 is 11.4. The lowest BCUT2D eigenvalue weighted by molar-refractivity contribution is -0.146.